The van der Waals surface area contributed by atoms with Crippen LogP contribution in [0, 0.1) is 19.8 Å². The number of nitrogens with one attached hydrogen (secondary N) is 1. The minimum atomic E-state index is 0.287. The Morgan fingerprint density at radius 3 is 2.70 bits per heavy atom. The Hall–Kier alpha value is -0.900. The third-order valence-electron chi connectivity index (χ3n) is 4.59. The van der Waals surface area contributed by atoms with Gasteiger partial charge in [-0.15, -0.1) is 0 Å². The van der Waals surface area contributed by atoms with E-state index in [-0.39, 0.29) is 6.61 Å². The lowest BCUT2D eigenvalue weighted by Gasteiger charge is -2.31. The molecule has 0 aromatic heterocycles. The van der Waals surface area contributed by atoms with Crippen molar-refractivity contribution in [3.05, 3.63) is 34.9 Å². The number of hydrogen-bond donors (Lipinski definition) is 2. The Labute approximate surface area is 123 Å². The molecular weight excluding hydrogens is 248 g/mol. The molecule has 20 heavy (non-hydrogen) atoms. The maximum Gasteiger partial charge on any atom is 0.0558 e. The Bertz CT molecular complexity index is 411. The molecule has 1 aromatic carbocycles. The molecule has 1 saturated heterocycles. The fourth-order valence-electron chi connectivity index (χ4n) is 2.97. The third kappa shape index (κ3) is 4.30. The van der Waals surface area contributed by atoms with Crippen LogP contribution in [0.3, 0.4) is 0 Å². The van der Waals surface area contributed by atoms with Crippen molar-refractivity contribution < 1.29 is 5.11 Å². The van der Waals surface area contributed by atoms with Crippen molar-refractivity contribution in [2.75, 3.05) is 32.8 Å². The van der Waals surface area contributed by atoms with Gasteiger partial charge in [-0.25, -0.2) is 0 Å². The molecular formula is C17H28N2O. The molecule has 0 bridgehead atoms. The number of β-amino-alcohol motifs (C(OH)–C–C–N with tert-alkyl or cyclic N) is 1. The van der Waals surface area contributed by atoms with E-state index in [0.29, 0.717) is 0 Å². The van der Waals surface area contributed by atoms with E-state index in [1.807, 2.05) is 0 Å². The number of hydrogen-bond acceptors (Lipinski definition) is 3. The highest BCUT2D eigenvalue weighted by Gasteiger charge is 2.18. The molecule has 3 heteroatoms. The van der Waals surface area contributed by atoms with Crippen LogP contribution in [0.25, 0.3) is 0 Å². The zero-order valence-corrected chi connectivity index (χ0v) is 12.9. The van der Waals surface area contributed by atoms with E-state index in [2.05, 4.69) is 42.3 Å². The number of piperidine rings is 1. The summed E-state index contributed by atoms with van der Waals surface area (Å²) in [7, 11) is 0. The Morgan fingerprint density at radius 2 is 2.00 bits per heavy atom. The fraction of sp³-hybridized carbons (Fsp3) is 0.647. The van der Waals surface area contributed by atoms with Gasteiger partial charge < -0.3 is 15.3 Å². The first-order valence-electron chi connectivity index (χ1n) is 7.79. The second-order valence-electron chi connectivity index (χ2n) is 6.00. The lowest BCUT2D eigenvalue weighted by molar-refractivity contribution is 0.146. The van der Waals surface area contributed by atoms with Crippen LogP contribution >= 0.6 is 0 Å². The van der Waals surface area contributed by atoms with Gasteiger partial charge in [-0.2, -0.15) is 0 Å². The van der Waals surface area contributed by atoms with Crippen molar-refractivity contribution in [1.29, 1.82) is 0 Å². The molecule has 1 heterocycles. The van der Waals surface area contributed by atoms with Gasteiger partial charge in [-0.1, -0.05) is 18.2 Å². The molecule has 1 fully saturated rings. The van der Waals surface area contributed by atoms with Crippen LogP contribution < -0.4 is 5.32 Å². The van der Waals surface area contributed by atoms with E-state index in [4.69, 9.17) is 5.11 Å². The number of nitrogens with zero attached hydrogens (tertiary/aromatic N) is 1. The molecule has 0 spiro atoms. The Kier molecular flexibility index (Phi) is 6.02. The fourth-order valence-corrected chi connectivity index (χ4v) is 2.97. The summed E-state index contributed by atoms with van der Waals surface area (Å²) < 4.78 is 0. The molecule has 0 amide bonds. The van der Waals surface area contributed by atoms with Crippen molar-refractivity contribution in [1.82, 2.24) is 10.2 Å². The molecule has 0 saturated carbocycles. The summed E-state index contributed by atoms with van der Waals surface area (Å²) in [5.74, 6) is 0.787. The average Bonchev–Trinajstić information content (AvgIpc) is 2.46. The zero-order valence-electron chi connectivity index (χ0n) is 12.9. The quantitative estimate of drug-likeness (QED) is 0.835. The van der Waals surface area contributed by atoms with Gasteiger partial charge in [0.1, 0.15) is 0 Å². The minimum Gasteiger partial charge on any atom is -0.395 e. The number of aliphatic hydroxyl groups is 1. The standard InChI is InChI=1S/C17H28N2O/c1-14-4-3-5-17(15(14)2)13-18-12-16-6-8-19(9-7-16)10-11-20/h3-5,16,18,20H,6-13H2,1-2H3. The second-order valence-corrected chi connectivity index (χ2v) is 6.00. The van der Waals surface area contributed by atoms with Crippen LogP contribution in [-0.4, -0.2) is 42.8 Å². The van der Waals surface area contributed by atoms with E-state index in [0.717, 1.165) is 38.6 Å². The van der Waals surface area contributed by atoms with Crippen LogP contribution in [0.5, 0.6) is 0 Å². The molecule has 0 aliphatic carbocycles. The smallest absolute Gasteiger partial charge is 0.0558 e. The molecule has 1 aliphatic heterocycles. The SMILES string of the molecule is Cc1cccc(CNCC2CCN(CCO)CC2)c1C. The summed E-state index contributed by atoms with van der Waals surface area (Å²) >= 11 is 0. The summed E-state index contributed by atoms with van der Waals surface area (Å²) in [6, 6.07) is 6.54. The summed E-state index contributed by atoms with van der Waals surface area (Å²) in [4.78, 5) is 2.36. The maximum absolute atomic E-state index is 8.95. The summed E-state index contributed by atoms with van der Waals surface area (Å²) in [5.41, 5.74) is 4.21. The second kappa shape index (κ2) is 7.77. The van der Waals surface area contributed by atoms with Crippen molar-refractivity contribution in [3.8, 4) is 0 Å². The van der Waals surface area contributed by atoms with Crippen LogP contribution in [0.1, 0.15) is 29.5 Å². The number of likely N-dealkylation sites (tertiary alicyclic amines) is 1. The van der Waals surface area contributed by atoms with Crippen LogP contribution in [0.15, 0.2) is 18.2 Å². The van der Waals surface area contributed by atoms with Gasteiger partial charge >= 0.3 is 0 Å². The van der Waals surface area contributed by atoms with Gasteiger partial charge in [-0.3, -0.25) is 0 Å². The van der Waals surface area contributed by atoms with E-state index in [1.165, 1.54) is 29.5 Å². The van der Waals surface area contributed by atoms with Crippen molar-refractivity contribution in [2.45, 2.75) is 33.2 Å². The summed E-state index contributed by atoms with van der Waals surface area (Å²) in [5, 5.41) is 12.6. The molecule has 3 nitrogen and oxygen atoms in total. The van der Waals surface area contributed by atoms with E-state index in [1.54, 1.807) is 0 Å². The Balaban J connectivity index is 1.70. The number of benzene rings is 1. The predicted octanol–water partition coefficient (Wildman–Crippen LogP) is 2.10. The minimum absolute atomic E-state index is 0.287. The molecule has 112 valence electrons. The first kappa shape index (κ1) is 15.5. The van der Waals surface area contributed by atoms with Gasteiger partial charge in [0.05, 0.1) is 6.61 Å². The Morgan fingerprint density at radius 1 is 1.25 bits per heavy atom. The molecule has 1 aromatic rings. The molecule has 2 rings (SSSR count). The zero-order chi connectivity index (χ0) is 14.4. The lowest BCUT2D eigenvalue weighted by atomic mass is 9.96. The summed E-state index contributed by atoms with van der Waals surface area (Å²) in [6.07, 6.45) is 2.50. The number of aliphatic hydroxyl groups excluding tert-OH is 1. The highest BCUT2D eigenvalue weighted by molar-refractivity contribution is 5.32. The normalized spacial score (nSPS) is 17.6. The topological polar surface area (TPSA) is 35.5 Å². The lowest BCUT2D eigenvalue weighted by Crippen LogP contribution is -2.38. The monoisotopic (exact) mass is 276 g/mol. The molecule has 0 radical (unpaired) electrons. The molecule has 0 atom stereocenters. The van der Waals surface area contributed by atoms with Gasteiger partial charge in [0, 0.05) is 13.1 Å². The highest BCUT2D eigenvalue weighted by atomic mass is 16.3. The number of aryl methyl sites for hydroxylation is 1. The first-order chi connectivity index (χ1) is 9.70. The summed E-state index contributed by atoms with van der Waals surface area (Å²) in [6.45, 7) is 9.87. The molecule has 0 unspecified atom stereocenters. The van der Waals surface area contributed by atoms with Gasteiger partial charge in [0.25, 0.3) is 0 Å². The van der Waals surface area contributed by atoms with E-state index in [9.17, 15) is 0 Å². The van der Waals surface area contributed by atoms with Crippen LogP contribution in [0.4, 0.5) is 0 Å². The maximum atomic E-state index is 8.95. The van der Waals surface area contributed by atoms with E-state index >= 15 is 0 Å². The number of rotatable bonds is 6. The van der Waals surface area contributed by atoms with Gasteiger partial charge in [0.15, 0.2) is 0 Å². The largest absolute Gasteiger partial charge is 0.395 e. The van der Waals surface area contributed by atoms with Crippen molar-refractivity contribution >= 4 is 0 Å². The molecule has 1 aliphatic rings. The predicted molar refractivity (Wildman–Crippen MR) is 83.9 cm³/mol. The third-order valence-corrected chi connectivity index (χ3v) is 4.59. The molecule has 2 N–H and O–H groups in total. The van der Waals surface area contributed by atoms with Crippen LogP contribution in [0.2, 0.25) is 0 Å². The van der Waals surface area contributed by atoms with Crippen molar-refractivity contribution in [2.24, 2.45) is 5.92 Å². The van der Waals surface area contributed by atoms with E-state index < -0.39 is 0 Å². The van der Waals surface area contributed by atoms with Crippen molar-refractivity contribution in [3.63, 3.8) is 0 Å². The average molecular weight is 276 g/mol. The highest BCUT2D eigenvalue weighted by Crippen LogP contribution is 2.17. The first-order valence-corrected chi connectivity index (χ1v) is 7.79. The van der Waals surface area contributed by atoms with Gasteiger partial charge in [-0.05, 0) is 68.9 Å². The van der Waals surface area contributed by atoms with Crippen LogP contribution in [-0.2, 0) is 6.54 Å². The van der Waals surface area contributed by atoms with Gasteiger partial charge in [0.2, 0.25) is 0 Å².